The van der Waals surface area contributed by atoms with Crippen LogP contribution < -0.4 is 0 Å². The van der Waals surface area contributed by atoms with Gasteiger partial charge in [0.05, 0.1) is 15.4 Å². The Balaban J connectivity index is 2.35. The first-order valence-corrected chi connectivity index (χ1v) is 6.31. The minimum atomic E-state index is -0.786. The molecular formula is C15H10N2O6. The van der Waals surface area contributed by atoms with Gasteiger partial charge < -0.3 is 5.11 Å². The van der Waals surface area contributed by atoms with Gasteiger partial charge in [-0.25, -0.2) is 0 Å². The first-order chi connectivity index (χ1) is 10.9. The third kappa shape index (κ3) is 3.56. The highest BCUT2D eigenvalue weighted by Crippen LogP contribution is 2.31. The van der Waals surface area contributed by atoms with Crippen molar-refractivity contribution in [3.63, 3.8) is 0 Å². The normalized spacial score (nSPS) is 10.6. The number of benzene rings is 2. The number of aldehydes is 1. The molecule has 1 N–H and O–H groups in total. The van der Waals surface area contributed by atoms with Gasteiger partial charge in [0, 0.05) is 18.2 Å². The smallest absolute Gasteiger partial charge is 0.312 e. The molecule has 0 aromatic heterocycles. The summed E-state index contributed by atoms with van der Waals surface area (Å²) in [4.78, 5) is 31.0. The molecule has 0 saturated heterocycles. The van der Waals surface area contributed by atoms with Crippen LogP contribution in [0.4, 0.5) is 11.4 Å². The summed E-state index contributed by atoms with van der Waals surface area (Å²) in [5, 5.41) is 31.0. The van der Waals surface area contributed by atoms with E-state index in [9.17, 15) is 30.1 Å². The van der Waals surface area contributed by atoms with Crippen molar-refractivity contribution in [1.29, 1.82) is 0 Å². The lowest BCUT2D eigenvalue weighted by atomic mass is 10.1. The third-order valence-electron chi connectivity index (χ3n) is 3.04. The number of hydrogen-bond donors (Lipinski definition) is 1. The molecule has 0 atom stereocenters. The Hall–Kier alpha value is -3.55. The number of hydrogen-bond acceptors (Lipinski definition) is 6. The van der Waals surface area contributed by atoms with Crippen LogP contribution in [0.15, 0.2) is 36.4 Å². The van der Waals surface area contributed by atoms with E-state index >= 15 is 0 Å². The van der Waals surface area contributed by atoms with E-state index in [0.29, 0.717) is 17.4 Å². The van der Waals surface area contributed by atoms with Crippen molar-refractivity contribution in [3.05, 3.63) is 73.3 Å². The zero-order valence-electron chi connectivity index (χ0n) is 11.6. The SMILES string of the molecule is O=Cc1cc(/C=C/c2ccc([N+](=O)[O-])cc2)cc([N+](=O)[O-])c1O. The van der Waals surface area contributed by atoms with E-state index in [0.717, 1.165) is 6.07 Å². The molecule has 0 radical (unpaired) electrons. The lowest BCUT2D eigenvalue weighted by Gasteiger charge is -2.01. The second kappa shape index (κ2) is 6.48. The molecule has 0 bridgehead atoms. The minimum absolute atomic E-state index is 0.0503. The van der Waals surface area contributed by atoms with Crippen LogP contribution in [0.5, 0.6) is 5.75 Å². The summed E-state index contributed by atoms with van der Waals surface area (Å²) in [5.74, 6) is -0.683. The van der Waals surface area contributed by atoms with Crippen LogP contribution >= 0.6 is 0 Å². The zero-order valence-corrected chi connectivity index (χ0v) is 11.6. The van der Waals surface area contributed by atoms with Crippen LogP contribution in [-0.2, 0) is 0 Å². The van der Waals surface area contributed by atoms with Gasteiger partial charge >= 0.3 is 5.69 Å². The van der Waals surface area contributed by atoms with E-state index in [-0.39, 0.29) is 11.3 Å². The van der Waals surface area contributed by atoms with Crippen molar-refractivity contribution in [2.75, 3.05) is 0 Å². The van der Waals surface area contributed by atoms with Gasteiger partial charge in [-0.3, -0.25) is 25.0 Å². The highest BCUT2D eigenvalue weighted by molar-refractivity contribution is 5.85. The van der Waals surface area contributed by atoms with Gasteiger partial charge in [-0.05, 0) is 29.3 Å². The fourth-order valence-corrected chi connectivity index (χ4v) is 1.89. The third-order valence-corrected chi connectivity index (χ3v) is 3.04. The Bertz CT molecular complexity index is 811. The van der Waals surface area contributed by atoms with Gasteiger partial charge in [0.15, 0.2) is 6.29 Å². The number of aromatic hydroxyl groups is 1. The van der Waals surface area contributed by atoms with Crippen LogP contribution in [0, 0.1) is 20.2 Å². The van der Waals surface area contributed by atoms with Gasteiger partial charge in [0.2, 0.25) is 5.75 Å². The number of rotatable bonds is 5. The molecule has 0 aliphatic carbocycles. The van der Waals surface area contributed by atoms with Crippen LogP contribution in [0.2, 0.25) is 0 Å². The average molecular weight is 314 g/mol. The van der Waals surface area contributed by atoms with E-state index in [1.807, 2.05) is 0 Å². The Kier molecular flexibility index (Phi) is 4.46. The van der Waals surface area contributed by atoms with Gasteiger partial charge in [-0.1, -0.05) is 12.2 Å². The van der Waals surface area contributed by atoms with Crippen molar-refractivity contribution >= 4 is 29.8 Å². The zero-order chi connectivity index (χ0) is 17.0. The van der Waals surface area contributed by atoms with Crippen molar-refractivity contribution in [2.24, 2.45) is 0 Å². The fourth-order valence-electron chi connectivity index (χ4n) is 1.89. The fraction of sp³-hybridized carbons (Fsp3) is 0. The Morgan fingerprint density at radius 3 is 2.04 bits per heavy atom. The molecule has 0 heterocycles. The molecule has 0 aliphatic heterocycles. The summed E-state index contributed by atoms with van der Waals surface area (Å²) in [6.45, 7) is 0. The second-order valence-corrected chi connectivity index (χ2v) is 4.53. The molecule has 0 saturated carbocycles. The molecule has 2 rings (SSSR count). The van der Waals surface area contributed by atoms with Crippen molar-refractivity contribution in [2.45, 2.75) is 0 Å². The molecule has 8 heteroatoms. The van der Waals surface area contributed by atoms with Crippen LogP contribution in [0.25, 0.3) is 12.2 Å². The second-order valence-electron chi connectivity index (χ2n) is 4.53. The van der Waals surface area contributed by atoms with E-state index in [2.05, 4.69) is 0 Å². The van der Waals surface area contributed by atoms with E-state index < -0.39 is 21.3 Å². The number of non-ortho nitro benzene ring substituents is 1. The number of nitro benzene ring substituents is 2. The predicted molar refractivity (Wildman–Crippen MR) is 82.2 cm³/mol. The molecule has 23 heavy (non-hydrogen) atoms. The molecular weight excluding hydrogens is 304 g/mol. The summed E-state index contributed by atoms with van der Waals surface area (Å²) < 4.78 is 0. The van der Waals surface area contributed by atoms with Crippen LogP contribution in [0.3, 0.4) is 0 Å². The van der Waals surface area contributed by atoms with E-state index in [4.69, 9.17) is 0 Å². The highest BCUT2D eigenvalue weighted by atomic mass is 16.6. The maximum absolute atomic E-state index is 10.9. The predicted octanol–water partition coefficient (Wildman–Crippen LogP) is 3.19. The van der Waals surface area contributed by atoms with Crippen molar-refractivity contribution in [1.82, 2.24) is 0 Å². The molecule has 0 aliphatic rings. The first-order valence-electron chi connectivity index (χ1n) is 6.31. The Morgan fingerprint density at radius 2 is 1.52 bits per heavy atom. The highest BCUT2D eigenvalue weighted by Gasteiger charge is 2.17. The number of nitrogens with zero attached hydrogens (tertiary/aromatic N) is 2. The average Bonchev–Trinajstić information content (AvgIpc) is 2.53. The number of carbonyl (C=O) groups excluding carboxylic acids is 1. The summed E-state index contributed by atoms with van der Waals surface area (Å²) in [6.07, 6.45) is 3.40. The first kappa shape index (κ1) is 15.8. The molecule has 2 aromatic carbocycles. The topological polar surface area (TPSA) is 124 Å². The number of phenols is 1. The largest absolute Gasteiger partial charge is 0.502 e. The maximum atomic E-state index is 10.9. The van der Waals surface area contributed by atoms with Gasteiger partial charge in [-0.2, -0.15) is 0 Å². The van der Waals surface area contributed by atoms with Gasteiger partial charge in [0.25, 0.3) is 5.69 Å². The molecule has 0 unspecified atom stereocenters. The summed E-state index contributed by atoms with van der Waals surface area (Å²) in [5.41, 5.74) is 0.167. The lowest BCUT2D eigenvalue weighted by molar-refractivity contribution is -0.385. The molecule has 0 fully saturated rings. The standard InChI is InChI=1S/C15H10N2O6/c18-9-12-7-11(8-14(15(12)19)17(22)23)2-1-10-3-5-13(6-4-10)16(20)21/h1-9,19H/b2-1+. The van der Waals surface area contributed by atoms with Crippen molar-refractivity contribution in [3.8, 4) is 5.75 Å². The van der Waals surface area contributed by atoms with Gasteiger partial charge in [-0.15, -0.1) is 0 Å². The minimum Gasteiger partial charge on any atom is -0.502 e. The van der Waals surface area contributed by atoms with E-state index in [1.165, 1.54) is 36.4 Å². The maximum Gasteiger partial charge on any atom is 0.312 e. The number of phenolic OH excluding ortho intramolecular Hbond substituents is 1. The summed E-state index contributed by atoms with van der Waals surface area (Å²) in [6, 6.07) is 8.13. The number of carbonyl (C=O) groups is 1. The quantitative estimate of drug-likeness (QED) is 0.391. The van der Waals surface area contributed by atoms with Crippen molar-refractivity contribution < 1.29 is 19.7 Å². The summed E-state index contributed by atoms with van der Waals surface area (Å²) >= 11 is 0. The Morgan fingerprint density at radius 1 is 0.913 bits per heavy atom. The molecule has 8 nitrogen and oxygen atoms in total. The summed E-state index contributed by atoms with van der Waals surface area (Å²) in [7, 11) is 0. The molecule has 0 amide bonds. The van der Waals surface area contributed by atoms with Crippen LogP contribution in [-0.4, -0.2) is 21.2 Å². The van der Waals surface area contributed by atoms with Crippen LogP contribution in [0.1, 0.15) is 21.5 Å². The number of nitro groups is 2. The molecule has 2 aromatic rings. The van der Waals surface area contributed by atoms with Gasteiger partial charge in [0.1, 0.15) is 0 Å². The molecule has 116 valence electrons. The lowest BCUT2D eigenvalue weighted by Crippen LogP contribution is -1.93. The Labute approximate surface area is 129 Å². The monoisotopic (exact) mass is 314 g/mol. The molecule has 0 spiro atoms. The van der Waals surface area contributed by atoms with E-state index in [1.54, 1.807) is 6.08 Å².